The molecule has 32 heavy (non-hydrogen) atoms. The molecule has 0 saturated heterocycles. The molecule has 0 aliphatic rings. The minimum atomic E-state index is 0.255. The predicted molar refractivity (Wildman–Crippen MR) is 126 cm³/mol. The number of aromatic nitrogens is 4. The van der Waals surface area contributed by atoms with Crippen LogP contribution in [0, 0.1) is 6.92 Å². The van der Waals surface area contributed by atoms with E-state index in [0.717, 1.165) is 39.3 Å². The second-order valence-corrected chi connectivity index (χ2v) is 7.46. The van der Waals surface area contributed by atoms with Crippen molar-refractivity contribution < 1.29 is 5.11 Å². The summed E-state index contributed by atoms with van der Waals surface area (Å²) in [4.78, 5) is 18.8. The van der Waals surface area contributed by atoms with Gasteiger partial charge in [-0.2, -0.15) is 0 Å². The molecular weight excluding hydrogens is 396 g/mol. The SMILES string of the molecule is Cc1cc(-c2cc(-c3ccccc3)nc(-c3nccc(-c4ccccc4)n3)n2)ccc1O. The van der Waals surface area contributed by atoms with Gasteiger partial charge in [0.2, 0.25) is 0 Å². The fourth-order valence-electron chi connectivity index (χ4n) is 3.50. The first kappa shape index (κ1) is 19.6. The van der Waals surface area contributed by atoms with Crippen LogP contribution in [0.15, 0.2) is 97.2 Å². The Morgan fingerprint density at radius 1 is 0.562 bits per heavy atom. The third-order valence-corrected chi connectivity index (χ3v) is 5.21. The lowest BCUT2D eigenvalue weighted by Gasteiger charge is -2.10. The van der Waals surface area contributed by atoms with Gasteiger partial charge >= 0.3 is 0 Å². The monoisotopic (exact) mass is 416 g/mol. The highest BCUT2D eigenvalue weighted by Crippen LogP contribution is 2.29. The van der Waals surface area contributed by atoms with Crippen LogP contribution in [-0.2, 0) is 0 Å². The Balaban J connectivity index is 1.67. The van der Waals surface area contributed by atoms with Crippen molar-refractivity contribution >= 4 is 0 Å². The van der Waals surface area contributed by atoms with E-state index in [1.807, 2.05) is 91.9 Å². The first-order chi connectivity index (χ1) is 15.7. The van der Waals surface area contributed by atoms with Crippen molar-refractivity contribution in [2.45, 2.75) is 6.92 Å². The van der Waals surface area contributed by atoms with E-state index in [4.69, 9.17) is 15.0 Å². The molecule has 0 amide bonds. The van der Waals surface area contributed by atoms with E-state index < -0.39 is 0 Å². The summed E-state index contributed by atoms with van der Waals surface area (Å²) in [6.45, 7) is 1.87. The lowest BCUT2D eigenvalue weighted by atomic mass is 10.0. The molecule has 5 aromatic rings. The molecule has 0 saturated carbocycles. The maximum Gasteiger partial charge on any atom is 0.198 e. The summed E-state index contributed by atoms with van der Waals surface area (Å²) in [5.41, 5.74) is 5.99. The zero-order valence-electron chi connectivity index (χ0n) is 17.5. The number of aryl methyl sites for hydroxylation is 1. The molecule has 154 valence electrons. The third kappa shape index (κ3) is 3.96. The summed E-state index contributed by atoms with van der Waals surface area (Å²) >= 11 is 0. The highest BCUT2D eigenvalue weighted by molar-refractivity contribution is 5.71. The van der Waals surface area contributed by atoms with Gasteiger partial charge in [-0.15, -0.1) is 0 Å². The number of aromatic hydroxyl groups is 1. The van der Waals surface area contributed by atoms with E-state index >= 15 is 0 Å². The first-order valence-corrected chi connectivity index (χ1v) is 10.3. The number of benzene rings is 3. The second-order valence-electron chi connectivity index (χ2n) is 7.46. The van der Waals surface area contributed by atoms with Gasteiger partial charge in [0.1, 0.15) is 5.75 Å². The topological polar surface area (TPSA) is 71.8 Å². The molecule has 3 aromatic carbocycles. The fourth-order valence-corrected chi connectivity index (χ4v) is 3.50. The molecule has 5 rings (SSSR count). The first-order valence-electron chi connectivity index (χ1n) is 10.3. The van der Waals surface area contributed by atoms with Crippen LogP contribution in [0.3, 0.4) is 0 Å². The van der Waals surface area contributed by atoms with Crippen LogP contribution in [0.5, 0.6) is 5.75 Å². The summed E-state index contributed by atoms with van der Waals surface area (Å²) in [6.07, 6.45) is 1.73. The number of phenols is 1. The van der Waals surface area contributed by atoms with Crippen LogP contribution in [0.25, 0.3) is 45.4 Å². The smallest absolute Gasteiger partial charge is 0.198 e. The van der Waals surface area contributed by atoms with Crippen molar-refractivity contribution in [3.8, 4) is 51.2 Å². The van der Waals surface area contributed by atoms with Gasteiger partial charge in [-0.05, 0) is 42.8 Å². The van der Waals surface area contributed by atoms with Gasteiger partial charge in [-0.3, -0.25) is 0 Å². The van der Waals surface area contributed by atoms with Crippen molar-refractivity contribution in [3.05, 3.63) is 103 Å². The Kier molecular flexibility index (Phi) is 5.14. The van der Waals surface area contributed by atoms with Crippen molar-refractivity contribution in [2.75, 3.05) is 0 Å². The maximum absolute atomic E-state index is 9.94. The summed E-state index contributed by atoms with van der Waals surface area (Å²) in [5, 5.41) is 9.94. The predicted octanol–water partition coefficient (Wildman–Crippen LogP) is 5.95. The molecule has 0 bridgehead atoms. The summed E-state index contributed by atoms with van der Waals surface area (Å²) in [7, 11) is 0. The van der Waals surface area contributed by atoms with Crippen LogP contribution in [-0.4, -0.2) is 25.0 Å². The minimum Gasteiger partial charge on any atom is -0.508 e. The van der Waals surface area contributed by atoms with Gasteiger partial charge in [0.05, 0.1) is 17.1 Å². The highest BCUT2D eigenvalue weighted by atomic mass is 16.3. The molecule has 2 heterocycles. The quantitative estimate of drug-likeness (QED) is 0.392. The minimum absolute atomic E-state index is 0.255. The van der Waals surface area contributed by atoms with Gasteiger partial charge < -0.3 is 5.11 Å². The van der Waals surface area contributed by atoms with Crippen molar-refractivity contribution in [2.24, 2.45) is 0 Å². The Hall–Kier alpha value is -4.38. The average molecular weight is 416 g/mol. The third-order valence-electron chi connectivity index (χ3n) is 5.21. The van der Waals surface area contributed by atoms with Crippen molar-refractivity contribution in [1.82, 2.24) is 19.9 Å². The van der Waals surface area contributed by atoms with Crippen LogP contribution in [0.1, 0.15) is 5.56 Å². The Morgan fingerprint density at radius 3 is 1.81 bits per heavy atom. The van der Waals surface area contributed by atoms with Gasteiger partial charge in [0, 0.05) is 22.9 Å². The number of hydrogen-bond donors (Lipinski definition) is 1. The number of hydrogen-bond acceptors (Lipinski definition) is 5. The Morgan fingerprint density at radius 2 is 1.16 bits per heavy atom. The van der Waals surface area contributed by atoms with E-state index in [0.29, 0.717) is 11.6 Å². The van der Waals surface area contributed by atoms with Gasteiger partial charge in [0.15, 0.2) is 11.6 Å². The molecule has 5 heteroatoms. The Bertz CT molecular complexity index is 1390. The van der Waals surface area contributed by atoms with Gasteiger partial charge in [0.25, 0.3) is 0 Å². The summed E-state index contributed by atoms with van der Waals surface area (Å²) in [6, 6.07) is 29.2. The van der Waals surface area contributed by atoms with E-state index in [1.165, 1.54) is 0 Å². The molecule has 1 N–H and O–H groups in total. The molecule has 2 aromatic heterocycles. The lowest BCUT2D eigenvalue weighted by Crippen LogP contribution is -2.00. The van der Waals surface area contributed by atoms with Crippen molar-refractivity contribution in [3.63, 3.8) is 0 Å². The van der Waals surface area contributed by atoms with Gasteiger partial charge in [-0.1, -0.05) is 60.7 Å². The van der Waals surface area contributed by atoms with Gasteiger partial charge in [-0.25, -0.2) is 19.9 Å². The molecule has 0 unspecified atom stereocenters. The summed E-state index contributed by atoms with van der Waals surface area (Å²) in [5.74, 6) is 1.16. The molecule has 0 fully saturated rings. The zero-order chi connectivity index (χ0) is 21.9. The molecule has 0 spiro atoms. The largest absolute Gasteiger partial charge is 0.508 e. The zero-order valence-corrected chi connectivity index (χ0v) is 17.5. The summed E-state index contributed by atoms with van der Waals surface area (Å²) < 4.78 is 0. The van der Waals surface area contributed by atoms with Crippen molar-refractivity contribution in [1.29, 1.82) is 0 Å². The van der Waals surface area contributed by atoms with E-state index in [1.54, 1.807) is 12.3 Å². The highest BCUT2D eigenvalue weighted by Gasteiger charge is 2.14. The lowest BCUT2D eigenvalue weighted by molar-refractivity contribution is 0.471. The standard InChI is InChI=1S/C27H20N4O/c1-18-16-21(12-13-25(18)32)24-17-23(20-10-6-3-7-11-20)30-27(31-24)26-28-15-14-22(29-26)19-8-4-2-5-9-19/h2-17,32H,1H3. The molecule has 5 nitrogen and oxygen atoms in total. The fraction of sp³-hybridized carbons (Fsp3) is 0.0370. The molecular formula is C27H20N4O. The molecule has 0 atom stereocenters. The molecule has 0 aliphatic carbocycles. The van der Waals surface area contributed by atoms with E-state index in [9.17, 15) is 5.11 Å². The maximum atomic E-state index is 9.94. The van der Waals surface area contributed by atoms with E-state index in [-0.39, 0.29) is 5.75 Å². The van der Waals surface area contributed by atoms with Crippen LogP contribution in [0.2, 0.25) is 0 Å². The molecule has 0 aliphatic heterocycles. The molecule has 0 radical (unpaired) electrons. The second kappa shape index (κ2) is 8.40. The van der Waals surface area contributed by atoms with E-state index in [2.05, 4.69) is 4.98 Å². The Labute approximate surface area is 186 Å². The average Bonchev–Trinajstić information content (AvgIpc) is 2.86. The number of phenolic OH excluding ortho intramolecular Hbond substituents is 1. The van der Waals surface area contributed by atoms with Crippen LogP contribution < -0.4 is 0 Å². The normalized spacial score (nSPS) is 10.8. The number of rotatable bonds is 4. The van der Waals surface area contributed by atoms with Crippen LogP contribution >= 0.6 is 0 Å². The number of nitrogens with zero attached hydrogens (tertiary/aromatic N) is 4. The van der Waals surface area contributed by atoms with Crippen LogP contribution in [0.4, 0.5) is 0 Å².